The highest BCUT2D eigenvalue weighted by Crippen LogP contribution is 2.33. The van der Waals surface area contributed by atoms with E-state index in [-0.39, 0.29) is 5.91 Å². The minimum absolute atomic E-state index is 0.121. The van der Waals surface area contributed by atoms with Crippen LogP contribution in [-0.4, -0.2) is 5.91 Å². The second kappa shape index (κ2) is 5.26. The van der Waals surface area contributed by atoms with Gasteiger partial charge >= 0.3 is 0 Å². The topological polar surface area (TPSA) is 41.1 Å². The number of benzene rings is 2. The van der Waals surface area contributed by atoms with Crippen LogP contribution in [0.4, 0.5) is 11.4 Å². The molecule has 0 saturated carbocycles. The van der Waals surface area contributed by atoms with E-state index in [0.717, 1.165) is 16.9 Å². The molecule has 0 aliphatic carbocycles. The molecule has 3 nitrogen and oxygen atoms in total. The van der Waals surface area contributed by atoms with Gasteiger partial charge in [-0.3, -0.25) is 4.79 Å². The van der Waals surface area contributed by atoms with Crippen molar-refractivity contribution in [1.82, 2.24) is 0 Å². The van der Waals surface area contributed by atoms with E-state index in [4.69, 9.17) is 11.6 Å². The first-order chi connectivity index (χ1) is 10.0. The standard InChI is InChI=1S/C17H15ClN2O/c1-10-5-11(2)7-13(6-10)19-9-15-14-8-12(18)3-4-16(14)20-17(15)21/h3-9,19H,1-2H3,(H,20,21). The molecule has 2 N–H and O–H groups in total. The summed E-state index contributed by atoms with van der Waals surface area (Å²) in [5, 5.41) is 6.63. The first-order valence-corrected chi connectivity index (χ1v) is 7.07. The molecule has 1 aliphatic heterocycles. The predicted octanol–water partition coefficient (Wildman–Crippen LogP) is 4.36. The molecule has 0 bridgehead atoms. The third-order valence-corrected chi connectivity index (χ3v) is 3.60. The molecule has 0 spiro atoms. The summed E-state index contributed by atoms with van der Waals surface area (Å²) in [7, 11) is 0. The van der Waals surface area contributed by atoms with Gasteiger partial charge in [-0.05, 0) is 55.3 Å². The van der Waals surface area contributed by atoms with Crippen LogP contribution in [0.3, 0.4) is 0 Å². The molecule has 0 aromatic heterocycles. The first kappa shape index (κ1) is 13.7. The van der Waals surface area contributed by atoms with E-state index in [1.165, 1.54) is 11.1 Å². The summed E-state index contributed by atoms with van der Waals surface area (Å²) in [5.74, 6) is -0.121. The Hall–Kier alpha value is -2.26. The number of fused-ring (bicyclic) bond motifs is 1. The first-order valence-electron chi connectivity index (χ1n) is 6.69. The normalized spacial score (nSPS) is 15.0. The van der Waals surface area contributed by atoms with Gasteiger partial charge in [0.05, 0.1) is 5.57 Å². The Kier molecular flexibility index (Phi) is 3.43. The fourth-order valence-corrected chi connectivity index (χ4v) is 2.69. The monoisotopic (exact) mass is 298 g/mol. The van der Waals surface area contributed by atoms with Crippen LogP contribution in [0.15, 0.2) is 42.6 Å². The van der Waals surface area contributed by atoms with Crippen molar-refractivity contribution in [3.8, 4) is 0 Å². The molecule has 0 fully saturated rings. The average Bonchev–Trinajstić information content (AvgIpc) is 2.70. The van der Waals surface area contributed by atoms with Crippen LogP contribution >= 0.6 is 11.6 Å². The summed E-state index contributed by atoms with van der Waals surface area (Å²) in [4.78, 5) is 12.0. The molecule has 0 saturated heterocycles. The van der Waals surface area contributed by atoms with Gasteiger partial charge in [-0.2, -0.15) is 0 Å². The highest BCUT2D eigenvalue weighted by molar-refractivity contribution is 6.34. The molecular weight excluding hydrogens is 284 g/mol. The van der Waals surface area contributed by atoms with Gasteiger partial charge in [-0.1, -0.05) is 17.7 Å². The molecule has 0 atom stereocenters. The van der Waals surface area contributed by atoms with Crippen LogP contribution in [0.25, 0.3) is 5.57 Å². The number of aryl methyl sites for hydroxylation is 2. The van der Waals surface area contributed by atoms with E-state index in [9.17, 15) is 4.79 Å². The lowest BCUT2D eigenvalue weighted by Gasteiger charge is -2.05. The van der Waals surface area contributed by atoms with Crippen molar-refractivity contribution < 1.29 is 4.79 Å². The smallest absolute Gasteiger partial charge is 0.257 e. The molecule has 1 aliphatic rings. The molecule has 106 valence electrons. The van der Waals surface area contributed by atoms with Gasteiger partial charge < -0.3 is 10.6 Å². The van der Waals surface area contributed by atoms with Crippen LogP contribution in [0, 0.1) is 13.8 Å². The number of carbonyl (C=O) groups excluding carboxylic acids is 1. The molecule has 0 radical (unpaired) electrons. The van der Waals surface area contributed by atoms with Crippen LogP contribution in [0.1, 0.15) is 16.7 Å². The fourth-order valence-electron chi connectivity index (χ4n) is 2.52. The van der Waals surface area contributed by atoms with E-state index < -0.39 is 0 Å². The van der Waals surface area contributed by atoms with Gasteiger partial charge in [0.25, 0.3) is 5.91 Å². The number of halogens is 1. The lowest BCUT2D eigenvalue weighted by atomic mass is 10.1. The molecule has 3 rings (SSSR count). The Labute approximate surface area is 128 Å². The van der Waals surface area contributed by atoms with Gasteiger partial charge in [-0.15, -0.1) is 0 Å². The number of rotatable bonds is 2. The SMILES string of the molecule is Cc1cc(C)cc(NC=C2C(=O)Nc3ccc(Cl)cc32)c1. The van der Waals surface area contributed by atoms with E-state index in [0.29, 0.717) is 10.6 Å². The van der Waals surface area contributed by atoms with Crippen LogP contribution in [0.2, 0.25) is 5.02 Å². The van der Waals surface area contributed by atoms with E-state index in [2.05, 4.69) is 16.7 Å². The van der Waals surface area contributed by atoms with Crippen LogP contribution in [0.5, 0.6) is 0 Å². The summed E-state index contributed by atoms with van der Waals surface area (Å²) < 4.78 is 0. The number of hydrogen-bond donors (Lipinski definition) is 2. The van der Waals surface area contributed by atoms with Crippen molar-refractivity contribution in [3.63, 3.8) is 0 Å². The molecule has 2 aromatic carbocycles. The zero-order chi connectivity index (χ0) is 15.0. The number of carbonyl (C=O) groups is 1. The minimum Gasteiger partial charge on any atom is -0.361 e. The molecule has 0 unspecified atom stereocenters. The Balaban J connectivity index is 1.93. The third kappa shape index (κ3) is 2.78. The summed E-state index contributed by atoms with van der Waals surface area (Å²) in [6.07, 6.45) is 1.73. The quantitative estimate of drug-likeness (QED) is 0.809. The number of hydrogen-bond acceptors (Lipinski definition) is 2. The second-order valence-corrected chi connectivity index (χ2v) is 5.66. The largest absolute Gasteiger partial charge is 0.361 e. The molecule has 2 aromatic rings. The Morgan fingerprint density at radius 3 is 2.52 bits per heavy atom. The third-order valence-electron chi connectivity index (χ3n) is 3.37. The maximum Gasteiger partial charge on any atom is 0.257 e. The van der Waals surface area contributed by atoms with Crippen LogP contribution < -0.4 is 10.6 Å². The predicted molar refractivity (Wildman–Crippen MR) is 87.6 cm³/mol. The second-order valence-electron chi connectivity index (χ2n) is 5.22. The highest BCUT2D eigenvalue weighted by atomic mass is 35.5. The number of anilines is 2. The molecule has 4 heteroatoms. The maximum atomic E-state index is 12.0. The summed E-state index contributed by atoms with van der Waals surface area (Å²) in [5.41, 5.74) is 5.52. The van der Waals surface area contributed by atoms with Gasteiger partial charge in [0.2, 0.25) is 0 Å². The van der Waals surface area contributed by atoms with Crippen molar-refractivity contribution in [2.24, 2.45) is 0 Å². The minimum atomic E-state index is -0.121. The molecule has 21 heavy (non-hydrogen) atoms. The van der Waals surface area contributed by atoms with Crippen LogP contribution in [-0.2, 0) is 4.79 Å². The molecule has 1 amide bonds. The van der Waals surface area contributed by atoms with Crippen molar-refractivity contribution in [2.45, 2.75) is 13.8 Å². The molecule has 1 heterocycles. The number of amides is 1. The van der Waals surface area contributed by atoms with E-state index in [1.54, 1.807) is 18.3 Å². The Bertz CT molecular complexity index is 745. The van der Waals surface area contributed by atoms with Gasteiger partial charge in [0.15, 0.2) is 0 Å². The molecular formula is C17H15ClN2O. The van der Waals surface area contributed by atoms with Gasteiger partial charge in [0, 0.05) is 28.2 Å². The summed E-state index contributed by atoms with van der Waals surface area (Å²) in [6, 6.07) is 11.6. The lowest BCUT2D eigenvalue weighted by molar-refractivity contribution is -0.110. The number of nitrogens with one attached hydrogen (secondary N) is 2. The van der Waals surface area contributed by atoms with Gasteiger partial charge in [-0.25, -0.2) is 0 Å². The van der Waals surface area contributed by atoms with E-state index >= 15 is 0 Å². The Morgan fingerprint density at radius 2 is 1.81 bits per heavy atom. The average molecular weight is 299 g/mol. The maximum absolute atomic E-state index is 12.0. The van der Waals surface area contributed by atoms with E-state index in [1.807, 2.05) is 32.0 Å². The lowest BCUT2D eigenvalue weighted by Crippen LogP contribution is -2.05. The van der Waals surface area contributed by atoms with Crippen molar-refractivity contribution >= 4 is 34.5 Å². The van der Waals surface area contributed by atoms with Gasteiger partial charge in [0.1, 0.15) is 0 Å². The van der Waals surface area contributed by atoms with Crippen molar-refractivity contribution in [1.29, 1.82) is 0 Å². The zero-order valence-corrected chi connectivity index (χ0v) is 12.6. The fraction of sp³-hybridized carbons (Fsp3) is 0.118. The van der Waals surface area contributed by atoms with Crippen molar-refractivity contribution in [3.05, 3.63) is 64.3 Å². The summed E-state index contributed by atoms with van der Waals surface area (Å²) >= 11 is 6.01. The van der Waals surface area contributed by atoms with Crippen molar-refractivity contribution in [2.75, 3.05) is 10.6 Å². The Morgan fingerprint density at radius 1 is 1.10 bits per heavy atom. The zero-order valence-electron chi connectivity index (χ0n) is 11.8. The summed E-state index contributed by atoms with van der Waals surface area (Å²) in [6.45, 7) is 4.09. The highest BCUT2D eigenvalue weighted by Gasteiger charge is 2.24.